The number of carbonyl (C=O) groups excluding carboxylic acids is 2. The first-order valence-electron chi connectivity index (χ1n) is 10.4. The van der Waals surface area contributed by atoms with Crippen molar-refractivity contribution in [1.29, 1.82) is 0 Å². The lowest BCUT2D eigenvalue weighted by atomic mass is 9.42. The second-order valence-electron chi connectivity index (χ2n) is 10.2. The number of rotatable bonds is 2. The van der Waals surface area contributed by atoms with Gasteiger partial charge in [-0.15, -0.1) is 11.6 Å². The zero-order chi connectivity index (χ0) is 20.7. The van der Waals surface area contributed by atoms with E-state index >= 15 is 0 Å². The van der Waals surface area contributed by atoms with Gasteiger partial charge < -0.3 is 20.4 Å². The molecule has 0 aromatic carbocycles. The minimum Gasteiger partial charge on any atom is -0.393 e. The fourth-order valence-electron chi connectivity index (χ4n) is 7.77. The van der Waals surface area contributed by atoms with E-state index in [1.807, 2.05) is 13.8 Å². The highest BCUT2D eigenvalue weighted by atomic mass is 35.5. The third-order valence-electron chi connectivity index (χ3n) is 9.34. The minimum absolute atomic E-state index is 0.00556. The van der Waals surface area contributed by atoms with E-state index < -0.39 is 45.9 Å². The molecule has 0 bridgehead atoms. The molecule has 0 heterocycles. The highest BCUT2D eigenvalue weighted by Crippen LogP contribution is 2.69. The highest BCUT2D eigenvalue weighted by molar-refractivity contribution is 6.22. The topological polar surface area (TPSA) is 115 Å². The van der Waals surface area contributed by atoms with Crippen LogP contribution in [0.15, 0.2) is 0 Å². The molecule has 2 unspecified atom stereocenters. The fourth-order valence-corrected chi connectivity index (χ4v) is 8.29. The summed E-state index contributed by atoms with van der Waals surface area (Å²) in [6, 6.07) is 0. The number of aliphatic hydroxyl groups excluding tert-OH is 2. The Hall–Kier alpha value is -0.530. The third-order valence-corrected chi connectivity index (χ3v) is 9.95. The van der Waals surface area contributed by atoms with Crippen molar-refractivity contribution in [1.82, 2.24) is 0 Å². The normalized spacial score (nSPS) is 56.0. The number of Topliss-reactive ketones (excluding diaryl/α,β-unsaturated/α-hetero) is 2. The Bertz CT molecular complexity index is 713. The van der Waals surface area contributed by atoms with Crippen molar-refractivity contribution in [3.05, 3.63) is 0 Å². The molecule has 4 aliphatic carbocycles. The van der Waals surface area contributed by atoms with Gasteiger partial charge in [0.1, 0.15) is 18.0 Å². The van der Waals surface area contributed by atoms with Crippen molar-refractivity contribution in [3.8, 4) is 0 Å². The van der Waals surface area contributed by atoms with Crippen LogP contribution in [0, 0.1) is 28.6 Å². The second kappa shape index (κ2) is 6.24. The van der Waals surface area contributed by atoms with Gasteiger partial charge in [0.05, 0.1) is 11.7 Å². The Balaban J connectivity index is 1.76. The van der Waals surface area contributed by atoms with Gasteiger partial charge in [0, 0.05) is 29.0 Å². The van der Waals surface area contributed by atoms with Crippen LogP contribution in [0.3, 0.4) is 0 Å². The molecule has 6 nitrogen and oxygen atoms in total. The molecule has 4 fully saturated rings. The van der Waals surface area contributed by atoms with Crippen molar-refractivity contribution in [2.24, 2.45) is 28.6 Å². The number of carbonyl (C=O) groups is 2. The SMILES string of the molecule is C[C@]12C[C@H](O)[C@H]3[C@@H](CCC4(O)CC(=O)CC(Cl)[C@]34C)[C@@H]1CC[C@]2(O)C(=O)CO. The average Bonchev–Trinajstić information content (AvgIpc) is 2.88. The summed E-state index contributed by atoms with van der Waals surface area (Å²) in [5, 5.41) is 42.7. The Labute approximate surface area is 170 Å². The molecule has 4 aliphatic rings. The number of hydrogen-bond acceptors (Lipinski definition) is 6. The van der Waals surface area contributed by atoms with E-state index in [0.29, 0.717) is 19.3 Å². The molecule has 28 heavy (non-hydrogen) atoms. The lowest BCUT2D eigenvalue weighted by Gasteiger charge is -2.65. The summed E-state index contributed by atoms with van der Waals surface area (Å²) in [7, 11) is 0. The van der Waals surface area contributed by atoms with E-state index in [9.17, 15) is 30.0 Å². The molecule has 0 amide bonds. The van der Waals surface area contributed by atoms with Crippen molar-refractivity contribution in [2.45, 2.75) is 81.5 Å². The van der Waals surface area contributed by atoms with Crippen molar-refractivity contribution >= 4 is 23.2 Å². The molecule has 4 rings (SSSR count). The van der Waals surface area contributed by atoms with Gasteiger partial charge in [-0.25, -0.2) is 0 Å². The van der Waals surface area contributed by atoms with Gasteiger partial charge in [0.25, 0.3) is 0 Å². The van der Waals surface area contributed by atoms with E-state index in [0.717, 1.165) is 0 Å². The molecular formula is C21H31ClO6. The third kappa shape index (κ3) is 2.30. The van der Waals surface area contributed by atoms with Crippen LogP contribution in [0.5, 0.6) is 0 Å². The van der Waals surface area contributed by atoms with E-state index in [-0.39, 0.29) is 49.2 Å². The van der Waals surface area contributed by atoms with Crippen molar-refractivity contribution in [2.75, 3.05) is 6.61 Å². The van der Waals surface area contributed by atoms with Crippen LogP contribution in [0.25, 0.3) is 0 Å². The van der Waals surface area contributed by atoms with Gasteiger partial charge in [0.2, 0.25) is 0 Å². The van der Waals surface area contributed by atoms with Crippen LogP contribution in [-0.2, 0) is 9.59 Å². The van der Waals surface area contributed by atoms with Gasteiger partial charge in [-0.3, -0.25) is 9.59 Å². The summed E-state index contributed by atoms with van der Waals surface area (Å²) in [6.45, 7) is 3.04. The van der Waals surface area contributed by atoms with Gasteiger partial charge >= 0.3 is 0 Å². The molecule has 0 aliphatic heterocycles. The fraction of sp³-hybridized carbons (Fsp3) is 0.905. The molecule has 7 heteroatoms. The van der Waals surface area contributed by atoms with E-state index in [2.05, 4.69) is 0 Å². The molecule has 4 saturated carbocycles. The summed E-state index contributed by atoms with van der Waals surface area (Å²) in [5.41, 5.74) is -4.52. The molecule has 0 aromatic rings. The smallest absolute Gasteiger partial charge is 0.190 e. The first kappa shape index (κ1) is 20.7. The molecule has 0 saturated heterocycles. The first-order chi connectivity index (χ1) is 12.9. The Kier molecular flexibility index (Phi) is 4.62. The molecule has 0 aromatic heterocycles. The Morgan fingerprint density at radius 2 is 1.89 bits per heavy atom. The quantitative estimate of drug-likeness (QED) is 0.504. The summed E-state index contributed by atoms with van der Waals surface area (Å²) in [5.74, 6) is -0.942. The Morgan fingerprint density at radius 3 is 2.54 bits per heavy atom. The van der Waals surface area contributed by atoms with E-state index in [4.69, 9.17) is 11.6 Å². The number of fused-ring (bicyclic) bond motifs is 5. The van der Waals surface area contributed by atoms with Crippen molar-refractivity contribution in [3.63, 3.8) is 0 Å². The molecule has 158 valence electrons. The monoisotopic (exact) mass is 414 g/mol. The molecular weight excluding hydrogens is 384 g/mol. The number of aliphatic hydroxyl groups is 4. The van der Waals surface area contributed by atoms with Gasteiger partial charge in [-0.1, -0.05) is 13.8 Å². The van der Waals surface area contributed by atoms with Crippen LogP contribution in [0.2, 0.25) is 0 Å². The predicted octanol–water partition coefficient (Wildman–Crippen LogP) is 1.19. The molecule has 0 radical (unpaired) electrons. The lowest BCUT2D eigenvalue weighted by Crippen LogP contribution is -2.70. The van der Waals surface area contributed by atoms with E-state index in [1.54, 1.807) is 0 Å². The van der Waals surface area contributed by atoms with Crippen LogP contribution in [0.4, 0.5) is 0 Å². The maximum atomic E-state index is 12.4. The standard InChI is InChI=1S/C21H31ClO6/c1-18-9-14(25)17-12(13(18)4-6-21(18,28)16(26)10-23)3-5-20(27)8-11(24)7-15(22)19(17,20)2/h12-15,17,23,25,27-28H,3-10H2,1-2H3/t12-,13-,14-,15?,17+,18-,19+,20?,21-/m0/s1. The maximum absolute atomic E-state index is 12.4. The number of alkyl halides is 1. The Morgan fingerprint density at radius 1 is 1.21 bits per heavy atom. The average molecular weight is 415 g/mol. The summed E-state index contributed by atoms with van der Waals surface area (Å²) < 4.78 is 0. The molecule has 9 atom stereocenters. The molecule has 4 N–H and O–H groups in total. The van der Waals surface area contributed by atoms with Crippen LogP contribution < -0.4 is 0 Å². The summed E-state index contributed by atoms with van der Waals surface area (Å²) in [4.78, 5) is 24.6. The minimum atomic E-state index is -1.64. The maximum Gasteiger partial charge on any atom is 0.190 e. The van der Waals surface area contributed by atoms with Crippen LogP contribution >= 0.6 is 11.6 Å². The largest absolute Gasteiger partial charge is 0.393 e. The highest BCUT2D eigenvalue weighted by Gasteiger charge is 2.72. The zero-order valence-electron chi connectivity index (χ0n) is 16.5. The van der Waals surface area contributed by atoms with E-state index in [1.165, 1.54) is 0 Å². The second-order valence-corrected chi connectivity index (χ2v) is 10.7. The lowest BCUT2D eigenvalue weighted by molar-refractivity contribution is -0.238. The van der Waals surface area contributed by atoms with Crippen LogP contribution in [0.1, 0.15) is 58.8 Å². The van der Waals surface area contributed by atoms with Crippen molar-refractivity contribution < 1.29 is 30.0 Å². The number of ketones is 2. The van der Waals surface area contributed by atoms with Crippen LogP contribution in [-0.4, -0.2) is 61.3 Å². The van der Waals surface area contributed by atoms with Gasteiger partial charge in [-0.2, -0.15) is 0 Å². The number of halogens is 1. The van der Waals surface area contributed by atoms with Gasteiger partial charge in [-0.05, 0) is 49.9 Å². The predicted molar refractivity (Wildman–Crippen MR) is 102 cm³/mol. The summed E-state index contributed by atoms with van der Waals surface area (Å²) in [6.07, 6.45) is 1.56. The number of hydrogen-bond donors (Lipinski definition) is 4. The summed E-state index contributed by atoms with van der Waals surface area (Å²) >= 11 is 6.68. The zero-order valence-corrected chi connectivity index (χ0v) is 17.3. The molecule has 0 spiro atoms. The first-order valence-corrected chi connectivity index (χ1v) is 10.8. The van der Waals surface area contributed by atoms with Gasteiger partial charge in [0.15, 0.2) is 5.78 Å².